The molecule has 4 amide bonds. The van der Waals surface area contributed by atoms with Crippen LogP contribution in [0.15, 0.2) is 48.5 Å². The molecule has 0 aliphatic carbocycles. The van der Waals surface area contributed by atoms with Crippen molar-refractivity contribution in [3.05, 3.63) is 65.2 Å². The molecule has 0 spiro atoms. The Labute approximate surface area is 170 Å². The van der Waals surface area contributed by atoms with Crippen molar-refractivity contribution in [3.63, 3.8) is 0 Å². The summed E-state index contributed by atoms with van der Waals surface area (Å²) >= 11 is 0. The molecule has 0 fully saturated rings. The summed E-state index contributed by atoms with van der Waals surface area (Å²) in [6.45, 7) is 3.71. The number of carbonyl (C=O) groups excluding carboxylic acids is 3. The number of benzene rings is 2. The van der Waals surface area contributed by atoms with Crippen LogP contribution in [0.5, 0.6) is 0 Å². The molecule has 29 heavy (non-hydrogen) atoms. The Bertz CT molecular complexity index is 898. The summed E-state index contributed by atoms with van der Waals surface area (Å²) in [5.41, 5.74) is 2.20. The largest absolute Gasteiger partial charge is 0.385 e. The third kappa shape index (κ3) is 4.63. The van der Waals surface area contributed by atoms with Gasteiger partial charge < -0.3 is 15.0 Å². The number of fused-ring (bicyclic) bond motifs is 1. The summed E-state index contributed by atoms with van der Waals surface area (Å²) in [6, 6.07) is 14.3. The van der Waals surface area contributed by atoms with E-state index in [0.717, 1.165) is 5.56 Å². The maximum atomic E-state index is 12.7. The van der Waals surface area contributed by atoms with Crippen LogP contribution in [0.3, 0.4) is 0 Å². The predicted molar refractivity (Wildman–Crippen MR) is 110 cm³/mol. The second kappa shape index (κ2) is 9.34. The molecule has 152 valence electrons. The number of imide groups is 1. The van der Waals surface area contributed by atoms with Crippen molar-refractivity contribution in [1.29, 1.82) is 0 Å². The lowest BCUT2D eigenvalue weighted by Gasteiger charge is -2.21. The highest BCUT2D eigenvalue weighted by molar-refractivity contribution is 6.21. The van der Waals surface area contributed by atoms with Crippen molar-refractivity contribution in [2.75, 3.05) is 32.1 Å². The fourth-order valence-electron chi connectivity index (χ4n) is 3.27. The van der Waals surface area contributed by atoms with Gasteiger partial charge in [-0.25, -0.2) is 4.79 Å². The van der Waals surface area contributed by atoms with Gasteiger partial charge in [0.15, 0.2) is 0 Å². The van der Waals surface area contributed by atoms with Gasteiger partial charge in [0.05, 0.1) is 11.1 Å². The Hall–Kier alpha value is -3.19. The molecule has 1 heterocycles. The van der Waals surface area contributed by atoms with Gasteiger partial charge in [0.1, 0.15) is 0 Å². The molecule has 0 radical (unpaired) electrons. The Morgan fingerprint density at radius 2 is 1.79 bits per heavy atom. The first-order valence-corrected chi connectivity index (χ1v) is 9.64. The molecule has 7 heteroatoms. The summed E-state index contributed by atoms with van der Waals surface area (Å²) in [7, 11) is 1.58. The van der Waals surface area contributed by atoms with Crippen molar-refractivity contribution in [2.24, 2.45) is 0 Å². The van der Waals surface area contributed by atoms with Crippen molar-refractivity contribution < 1.29 is 19.1 Å². The minimum absolute atomic E-state index is 0.259. The molecule has 0 atom stereocenters. The monoisotopic (exact) mass is 395 g/mol. The molecule has 0 saturated heterocycles. The van der Waals surface area contributed by atoms with Gasteiger partial charge in [-0.2, -0.15) is 0 Å². The number of nitrogens with zero attached hydrogens (tertiary/aromatic N) is 2. The van der Waals surface area contributed by atoms with Crippen LogP contribution in [0.1, 0.15) is 39.6 Å². The molecule has 0 aromatic heterocycles. The smallest absolute Gasteiger partial charge is 0.322 e. The molecule has 0 saturated carbocycles. The van der Waals surface area contributed by atoms with E-state index in [1.807, 2.05) is 37.3 Å². The number of amides is 4. The predicted octanol–water partition coefficient (Wildman–Crippen LogP) is 3.37. The van der Waals surface area contributed by atoms with Gasteiger partial charge in [0, 0.05) is 39.0 Å². The van der Waals surface area contributed by atoms with E-state index >= 15 is 0 Å². The van der Waals surface area contributed by atoms with E-state index < -0.39 is 0 Å². The van der Waals surface area contributed by atoms with E-state index in [0.29, 0.717) is 49.5 Å². The summed E-state index contributed by atoms with van der Waals surface area (Å²) in [5.74, 6) is -0.646. The standard InChI is InChI=1S/C22H25N3O4/c1-3-24(15-16-8-5-4-6-9-16)22(28)23-17-10-11-18-19(14-17)21(27)25(20(18)26)12-7-13-29-2/h4-6,8-11,14H,3,7,12-13,15H2,1-2H3,(H,23,28). The van der Waals surface area contributed by atoms with Crippen LogP contribution in [-0.2, 0) is 11.3 Å². The van der Waals surface area contributed by atoms with E-state index in [1.165, 1.54) is 4.90 Å². The lowest BCUT2D eigenvalue weighted by atomic mass is 10.1. The van der Waals surface area contributed by atoms with Crippen LogP contribution in [-0.4, -0.2) is 54.5 Å². The Kier molecular flexibility index (Phi) is 6.61. The normalized spacial score (nSPS) is 12.8. The highest BCUT2D eigenvalue weighted by Crippen LogP contribution is 2.26. The number of nitrogens with one attached hydrogen (secondary N) is 1. The van der Waals surface area contributed by atoms with E-state index in [9.17, 15) is 14.4 Å². The zero-order valence-electron chi connectivity index (χ0n) is 16.7. The van der Waals surface area contributed by atoms with E-state index in [1.54, 1.807) is 30.2 Å². The van der Waals surface area contributed by atoms with Crippen LogP contribution in [0.25, 0.3) is 0 Å². The van der Waals surface area contributed by atoms with Gasteiger partial charge in [0.2, 0.25) is 0 Å². The van der Waals surface area contributed by atoms with Gasteiger partial charge in [0.25, 0.3) is 11.8 Å². The second-order valence-corrected chi connectivity index (χ2v) is 6.80. The van der Waals surface area contributed by atoms with Crippen LogP contribution in [0.4, 0.5) is 10.5 Å². The summed E-state index contributed by atoms with van der Waals surface area (Å²) in [4.78, 5) is 40.6. The van der Waals surface area contributed by atoms with Gasteiger partial charge in [-0.15, -0.1) is 0 Å². The fourth-order valence-corrected chi connectivity index (χ4v) is 3.27. The first-order chi connectivity index (χ1) is 14.0. The number of carbonyl (C=O) groups is 3. The number of hydrogen-bond donors (Lipinski definition) is 1. The topological polar surface area (TPSA) is 79.0 Å². The molecule has 1 aliphatic heterocycles. The second-order valence-electron chi connectivity index (χ2n) is 6.80. The number of urea groups is 1. The van der Waals surface area contributed by atoms with Crippen LogP contribution in [0, 0.1) is 0 Å². The molecule has 0 bridgehead atoms. The van der Waals surface area contributed by atoms with E-state index in [-0.39, 0.29) is 17.8 Å². The minimum Gasteiger partial charge on any atom is -0.385 e. The fraction of sp³-hybridized carbons (Fsp3) is 0.318. The number of rotatable bonds is 8. The van der Waals surface area contributed by atoms with Gasteiger partial charge in [-0.3, -0.25) is 14.5 Å². The molecular weight excluding hydrogens is 370 g/mol. The van der Waals surface area contributed by atoms with E-state index in [4.69, 9.17) is 4.74 Å². The maximum Gasteiger partial charge on any atom is 0.322 e. The van der Waals surface area contributed by atoms with Gasteiger partial charge >= 0.3 is 6.03 Å². The molecule has 1 aliphatic rings. The number of hydrogen-bond acceptors (Lipinski definition) is 4. The molecule has 0 unspecified atom stereocenters. The van der Waals surface area contributed by atoms with Crippen molar-refractivity contribution >= 4 is 23.5 Å². The van der Waals surface area contributed by atoms with Crippen molar-refractivity contribution in [1.82, 2.24) is 9.80 Å². The molecule has 1 N–H and O–H groups in total. The van der Waals surface area contributed by atoms with Crippen molar-refractivity contribution in [3.8, 4) is 0 Å². The molecule has 7 nitrogen and oxygen atoms in total. The van der Waals surface area contributed by atoms with Crippen LogP contribution < -0.4 is 5.32 Å². The number of ether oxygens (including phenoxy) is 1. The SMILES string of the molecule is CCN(Cc1ccccc1)C(=O)Nc1ccc2c(c1)C(=O)N(CCCOC)C2=O. The summed E-state index contributed by atoms with van der Waals surface area (Å²) in [6.07, 6.45) is 0.580. The number of methoxy groups -OCH3 is 1. The Morgan fingerprint density at radius 3 is 2.48 bits per heavy atom. The maximum absolute atomic E-state index is 12.7. The highest BCUT2D eigenvalue weighted by Gasteiger charge is 2.35. The molecule has 3 rings (SSSR count). The molecule has 2 aromatic carbocycles. The third-order valence-electron chi connectivity index (χ3n) is 4.84. The minimum atomic E-state index is -0.339. The first-order valence-electron chi connectivity index (χ1n) is 9.64. The Morgan fingerprint density at radius 1 is 1.07 bits per heavy atom. The quantitative estimate of drug-likeness (QED) is 0.549. The van der Waals surface area contributed by atoms with Crippen LogP contribution in [0.2, 0.25) is 0 Å². The zero-order valence-corrected chi connectivity index (χ0v) is 16.7. The van der Waals surface area contributed by atoms with Gasteiger partial charge in [-0.1, -0.05) is 30.3 Å². The van der Waals surface area contributed by atoms with E-state index in [2.05, 4.69) is 5.32 Å². The third-order valence-corrected chi connectivity index (χ3v) is 4.84. The molecular formula is C22H25N3O4. The summed E-state index contributed by atoms with van der Waals surface area (Å²) < 4.78 is 4.99. The Balaban J connectivity index is 1.69. The molecule has 2 aromatic rings. The zero-order chi connectivity index (χ0) is 20.8. The lowest BCUT2D eigenvalue weighted by molar-refractivity contribution is 0.0638. The number of anilines is 1. The lowest BCUT2D eigenvalue weighted by Crippen LogP contribution is -2.34. The average molecular weight is 395 g/mol. The van der Waals surface area contributed by atoms with Crippen molar-refractivity contribution in [2.45, 2.75) is 19.9 Å². The first kappa shape index (κ1) is 20.5. The average Bonchev–Trinajstić information content (AvgIpc) is 2.97. The highest BCUT2D eigenvalue weighted by atomic mass is 16.5. The van der Waals surface area contributed by atoms with Gasteiger partial charge in [-0.05, 0) is 37.1 Å². The summed E-state index contributed by atoms with van der Waals surface area (Å²) in [5, 5.41) is 2.83. The van der Waals surface area contributed by atoms with Crippen LogP contribution >= 0.6 is 0 Å².